The predicted molar refractivity (Wildman–Crippen MR) is 87.7 cm³/mol. The minimum absolute atomic E-state index is 0.00340. The molecule has 1 atom stereocenters. The second kappa shape index (κ2) is 5.35. The lowest BCUT2D eigenvalue weighted by Gasteiger charge is -2.22. The van der Waals surface area contributed by atoms with Crippen molar-refractivity contribution >= 4 is 23.3 Å². The number of fused-ring (bicyclic) bond motifs is 3. The third kappa shape index (κ3) is 2.21. The quantitative estimate of drug-likeness (QED) is 0.818. The van der Waals surface area contributed by atoms with E-state index in [2.05, 4.69) is 9.98 Å². The van der Waals surface area contributed by atoms with E-state index >= 15 is 0 Å². The third-order valence-corrected chi connectivity index (χ3v) is 3.89. The number of carbonyl (C=O) groups excluding carboxylic acids is 1. The molecule has 1 aromatic carbocycles. The molecule has 23 heavy (non-hydrogen) atoms. The molecule has 1 aromatic heterocycles. The first-order valence-electron chi connectivity index (χ1n) is 7.57. The van der Waals surface area contributed by atoms with Gasteiger partial charge in [0.05, 0.1) is 12.5 Å². The highest BCUT2D eigenvalue weighted by atomic mass is 16.5. The summed E-state index contributed by atoms with van der Waals surface area (Å²) in [6.45, 7) is 2.48. The fraction of sp³-hybridized carbons (Fsp3) is 0.167. The minimum Gasteiger partial charge on any atom is -0.480 e. The summed E-state index contributed by atoms with van der Waals surface area (Å²) in [5, 5.41) is 0. The molecule has 0 bridgehead atoms. The van der Waals surface area contributed by atoms with E-state index in [0.29, 0.717) is 29.7 Å². The van der Waals surface area contributed by atoms with Crippen LogP contribution in [0.5, 0.6) is 0 Å². The van der Waals surface area contributed by atoms with Crippen LogP contribution in [0.2, 0.25) is 0 Å². The van der Waals surface area contributed by atoms with Gasteiger partial charge in [-0.05, 0) is 13.0 Å². The van der Waals surface area contributed by atoms with Crippen LogP contribution in [0.15, 0.2) is 59.7 Å². The predicted octanol–water partition coefficient (Wildman–Crippen LogP) is 3.22. The Bertz CT molecular complexity index is 860. The van der Waals surface area contributed by atoms with Crippen LogP contribution in [0.25, 0.3) is 5.70 Å². The molecule has 0 spiro atoms. The SMILES string of the molecule is CCOC1=Nc2nc(C(=O)c3ccccc3)cn2C2=CC=CC21. The summed E-state index contributed by atoms with van der Waals surface area (Å²) in [4.78, 5) is 21.4. The van der Waals surface area contributed by atoms with Crippen molar-refractivity contribution in [3.8, 4) is 0 Å². The molecule has 0 fully saturated rings. The molecule has 2 heterocycles. The van der Waals surface area contributed by atoms with Gasteiger partial charge in [-0.3, -0.25) is 9.36 Å². The summed E-state index contributed by atoms with van der Waals surface area (Å²) >= 11 is 0. The molecular formula is C18H15N3O2. The van der Waals surface area contributed by atoms with E-state index in [4.69, 9.17) is 4.74 Å². The Morgan fingerprint density at radius 2 is 2.13 bits per heavy atom. The molecule has 1 aliphatic carbocycles. The van der Waals surface area contributed by atoms with Gasteiger partial charge in [-0.15, -0.1) is 0 Å². The van der Waals surface area contributed by atoms with Crippen LogP contribution >= 0.6 is 0 Å². The van der Waals surface area contributed by atoms with Crippen LogP contribution < -0.4 is 0 Å². The maximum atomic E-state index is 12.6. The average molecular weight is 305 g/mol. The van der Waals surface area contributed by atoms with Crippen LogP contribution in [-0.4, -0.2) is 27.8 Å². The van der Waals surface area contributed by atoms with Crippen LogP contribution in [0, 0.1) is 5.92 Å². The first kappa shape index (κ1) is 13.7. The molecule has 0 saturated carbocycles. The standard InChI is InChI=1S/C18H15N3O2/c1-2-23-17-13-9-6-10-15(13)21-11-14(19-18(21)20-17)16(22)12-7-4-3-5-8-12/h3-11,13H,2H2,1H3. The van der Waals surface area contributed by atoms with Crippen LogP contribution in [-0.2, 0) is 4.74 Å². The minimum atomic E-state index is -0.108. The lowest BCUT2D eigenvalue weighted by atomic mass is 10.1. The number of ether oxygens (including phenoxy) is 1. The topological polar surface area (TPSA) is 56.5 Å². The van der Waals surface area contributed by atoms with Gasteiger partial charge in [0.1, 0.15) is 5.69 Å². The van der Waals surface area contributed by atoms with E-state index in [0.717, 1.165) is 5.70 Å². The number of aromatic nitrogens is 2. The molecule has 4 rings (SSSR count). The Morgan fingerprint density at radius 1 is 1.30 bits per heavy atom. The van der Waals surface area contributed by atoms with Crippen molar-refractivity contribution in [2.24, 2.45) is 10.9 Å². The van der Waals surface area contributed by atoms with Gasteiger partial charge < -0.3 is 4.74 Å². The Kier molecular flexibility index (Phi) is 3.19. The zero-order chi connectivity index (χ0) is 15.8. The third-order valence-electron chi connectivity index (χ3n) is 3.89. The van der Waals surface area contributed by atoms with Gasteiger partial charge in [-0.2, -0.15) is 4.99 Å². The lowest BCUT2D eigenvalue weighted by Crippen LogP contribution is -2.22. The molecule has 0 radical (unpaired) electrons. The summed E-state index contributed by atoms with van der Waals surface area (Å²) in [7, 11) is 0. The average Bonchev–Trinajstić information content (AvgIpc) is 3.21. The first-order valence-corrected chi connectivity index (χ1v) is 7.57. The van der Waals surface area contributed by atoms with Crippen molar-refractivity contribution in [3.05, 3.63) is 66.0 Å². The number of hydrogen-bond donors (Lipinski definition) is 0. The van der Waals surface area contributed by atoms with Crippen LogP contribution in [0.1, 0.15) is 23.0 Å². The summed E-state index contributed by atoms with van der Waals surface area (Å²) in [5.74, 6) is 1.00. The Hall–Kier alpha value is -2.95. The molecule has 2 aliphatic rings. The van der Waals surface area contributed by atoms with E-state index in [-0.39, 0.29) is 11.7 Å². The number of benzene rings is 1. The molecule has 0 N–H and O–H groups in total. The van der Waals surface area contributed by atoms with E-state index in [9.17, 15) is 4.79 Å². The van der Waals surface area contributed by atoms with Crippen molar-refractivity contribution in [3.63, 3.8) is 0 Å². The highest BCUT2D eigenvalue weighted by molar-refractivity contribution is 6.08. The Balaban J connectivity index is 1.76. The monoisotopic (exact) mass is 305 g/mol. The van der Waals surface area contributed by atoms with Crippen molar-refractivity contribution in [2.45, 2.75) is 6.92 Å². The molecule has 5 nitrogen and oxygen atoms in total. The molecule has 1 aliphatic heterocycles. The Labute approximate surface area is 133 Å². The zero-order valence-electron chi connectivity index (χ0n) is 12.6. The maximum Gasteiger partial charge on any atom is 0.237 e. The van der Waals surface area contributed by atoms with Gasteiger partial charge in [0.2, 0.25) is 17.6 Å². The number of rotatable bonds is 3. The van der Waals surface area contributed by atoms with E-state index in [1.54, 1.807) is 18.3 Å². The Morgan fingerprint density at radius 3 is 2.91 bits per heavy atom. The lowest BCUT2D eigenvalue weighted by molar-refractivity contribution is 0.103. The van der Waals surface area contributed by atoms with Gasteiger partial charge in [-0.25, -0.2) is 4.98 Å². The number of nitrogens with zero attached hydrogens (tertiary/aromatic N) is 3. The number of allylic oxidation sites excluding steroid dienone is 2. The van der Waals surface area contributed by atoms with Gasteiger partial charge in [0, 0.05) is 17.5 Å². The largest absolute Gasteiger partial charge is 0.480 e. The van der Waals surface area contributed by atoms with Crippen molar-refractivity contribution in [2.75, 3.05) is 6.61 Å². The highest BCUT2D eigenvalue weighted by Crippen LogP contribution is 2.35. The zero-order valence-corrected chi connectivity index (χ0v) is 12.6. The van der Waals surface area contributed by atoms with Crippen molar-refractivity contribution in [1.29, 1.82) is 0 Å². The van der Waals surface area contributed by atoms with Gasteiger partial charge in [0.15, 0.2) is 0 Å². The van der Waals surface area contributed by atoms with Gasteiger partial charge >= 0.3 is 0 Å². The molecular weight excluding hydrogens is 290 g/mol. The molecule has 0 saturated heterocycles. The van der Waals surface area contributed by atoms with Crippen LogP contribution in [0.3, 0.4) is 0 Å². The second-order valence-electron chi connectivity index (χ2n) is 5.33. The van der Waals surface area contributed by atoms with Crippen LogP contribution in [0.4, 0.5) is 5.95 Å². The number of carbonyl (C=O) groups is 1. The number of ketones is 1. The maximum absolute atomic E-state index is 12.6. The number of aliphatic imine (C=N–C) groups is 1. The van der Waals surface area contributed by atoms with Crippen molar-refractivity contribution in [1.82, 2.24) is 9.55 Å². The smallest absolute Gasteiger partial charge is 0.237 e. The van der Waals surface area contributed by atoms with Gasteiger partial charge in [0.25, 0.3) is 0 Å². The number of imidazole rings is 1. The molecule has 1 unspecified atom stereocenters. The van der Waals surface area contributed by atoms with Gasteiger partial charge in [-0.1, -0.05) is 42.5 Å². The summed E-state index contributed by atoms with van der Waals surface area (Å²) < 4.78 is 7.49. The van der Waals surface area contributed by atoms with E-state index < -0.39 is 0 Å². The molecule has 5 heteroatoms. The summed E-state index contributed by atoms with van der Waals surface area (Å²) in [6.07, 6.45) is 7.76. The first-order chi connectivity index (χ1) is 11.3. The summed E-state index contributed by atoms with van der Waals surface area (Å²) in [5.41, 5.74) is 2.02. The normalized spacial score (nSPS) is 18.0. The van der Waals surface area contributed by atoms with Crippen molar-refractivity contribution < 1.29 is 9.53 Å². The fourth-order valence-electron chi connectivity index (χ4n) is 2.83. The van der Waals surface area contributed by atoms with E-state index in [1.165, 1.54) is 0 Å². The fourth-order valence-corrected chi connectivity index (χ4v) is 2.83. The van der Waals surface area contributed by atoms with E-state index in [1.807, 2.05) is 47.9 Å². The molecule has 114 valence electrons. The highest BCUT2D eigenvalue weighted by Gasteiger charge is 2.31. The molecule has 0 amide bonds. The second-order valence-corrected chi connectivity index (χ2v) is 5.33. The number of hydrogen-bond acceptors (Lipinski definition) is 4. The summed E-state index contributed by atoms with van der Waals surface area (Å²) in [6, 6.07) is 9.14. The molecule has 2 aromatic rings.